The van der Waals surface area contributed by atoms with E-state index in [-0.39, 0.29) is 38.5 Å². The summed E-state index contributed by atoms with van der Waals surface area (Å²) in [5, 5.41) is 19.3. The molecule has 0 aliphatic heterocycles. The summed E-state index contributed by atoms with van der Waals surface area (Å²) in [7, 11) is 0. The van der Waals surface area contributed by atoms with Crippen molar-refractivity contribution in [3.05, 3.63) is 58.0 Å². The SMILES string of the molecule is N#Cc1c(Cl)nc2c(Oc3c(O)cccc3F)cccc2c1Cl. The smallest absolute Gasteiger partial charge is 0.204 e. The van der Waals surface area contributed by atoms with E-state index in [2.05, 4.69) is 4.98 Å². The quantitative estimate of drug-likeness (QED) is 0.658. The van der Waals surface area contributed by atoms with E-state index in [0.29, 0.717) is 5.39 Å². The van der Waals surface area contributed by atoms with Crippen LogP contribution in [0.3, 0.4) is 0 Å². The highest BCUT2D eigenvalue weighted by Crippen LogP contribution is 2.39. The zero-order chi connectivity index (χ0) is 16.6. The largest absolute Gasteiger partial charge is 0.504 e. The number of ether oxygens (including phenoxy) is 1. The molecule has 0 aliphatic rings. The monoisotopic (exact) mass is 348 g/mol. The second kappa shape index (κ2) is 5.92. The van der Waals surface area contributed by atoms with Gasteiger partial charge in [-0.15, -0.1) is 0 Å². The standard InChI is InChI=1S/C16H7Cl2FN2O2/c17-13-8-3-1-6-12(14(8)21-16(18)9(13)7-20)23-15-10(19)4-2-5-11(15)22/h1-6,22H. The molecule has 23 heavy (non-hydrogen) atoms. The van der Waals surface area contributed by atoms with Gasteiger partial charge in [0.2, 0.25) is 5.75 Å². The summed E-state index contributed by atoms with van der Waals surface area (Å²) in [5.41, 5.74) is 0.302. The van der Waals surface area contributed by atoms with Crippen LogP contribution in [0.4, 0.5) is 4.39 Å². The number of para-hydroxylation sites is 2. The van der Waals surface area contributed by atoms with E-state index in [1.807, 2.05) is 6.07 Å². The van der Waals surface area contributed by atoms with Gasteiger partial charge in [0, 0.05) is 5.39 Å². The van der Waals surface area contributed by atoms with Crippen molar-refractivity contribution in [1.82, 2.24) is 4.98 Å². The molecule has 0 unspecified atom stereocenters. The molecule has 0 bridgehead atoms. The molecule has 0 amide bonds. The summed E-state index contributed by atoms with van der Waals surface area (Å²) in [6.07, 6.45) is 0. The van der Waals surface area contributed by atoms with Gasteiger partial charge in [-0.05, 0) is 18.2 Å². The zero-order valence-corrected chi connectivity index (χ0v) is 12.9. The van der Waals surface area contributed by atoms with Gasteiger partial charge in [0.1, 0.15) is 22.3 Å². The average Bonchev–Trinajstić information content (AvgIpc) is 2.52. The third-order valence-corrected chi connectivity index (χ3v) is 3.81. The summed E-state index contributed by atoms with van der Waals surface area (Å²) in [6.45, 7) is 0. The molecule has 0 aliphatic carbocycles. The minimum Gasteiger partial charge on any atom is -0.504 e. The highest BCUT2D eigenvalue weighted by atomic mass is 35.5. The van der Waals surface area contributed by atoms with E-state index in [4.69, 9.17) is 33.2 Å². The number of aromatic nitrogens is 1. The Morgan fingerprint density at radius 1 is 1.17 bits per heavy atom. The Labute approximate surface area is 140 Å². The van der Waals surface area contributed by atoms with Crippen LogP contribution < -0.4 is 4.74 Å². The number of rotatable bonds is 2. The Balaban J connectivity index is 2.22. The fourth-order valence-corrected chi connectivity index (χ4v) is 2.63. The van der Waals surface area contributed by atoms with Crippen LogP contribution in [0.2, 0.25) is 10.2 Å². The van der Waals surface area contributed by atoms with E-state index < -0.39 is 5.82 Å². The summed E-state index contributed by atoms with van der Waals surface area (Å²) >= 11 is 12.1. The highest BCUT2D eigenvalue weighted by molar-refractivity contribution is 6.39. The first-order valence-corrected chi connectivity index (χ1v) is 7.11. The maximum Gasteiger partial charge on any atom is 0.204 e. The fraction of sp³-hybridized carbons (Fsp3) is 0. The van der Waals surface area contributed by atoms with Gasteiger partial charge in [-0.2, -0.15) is 5.26 Å². The minimum absolute atomic E-state index is 0.0479. The molecule has 2 aromatic carbocycles. The minimum atomic E-state index is -0.729. The predicted molar refractivity (Wildman–Crippen MR) is 84.6 cm³/mol. The van der Waals surface area contributed by atoms with Gasteiger partial charge >= 0.3 is 0 Å². The molecule has 0 saturated heterocycles. The average molecular weight is 349 g/mol. The number of aromatic hydroxyl groups is 1. The highest BCUT2D eigenvalue weighted by Gasteiger charge is 2.17. The van der Waals surface area contributed by atoms with Crippen LogP contribution >= 0.6 is 23.2 Å². The van der Waals surface area contributed by atoms with Crippen LogP contribution in [0.15, 0.2) is 36.4 Å². The topological polar surface area (TPSA) is 66.1 Å². The van der Waals surface area contributed by atoms with Crippen LogP contribution in [-0.4, -0.2) is 10.1 Å². The number of hydrogen-bond donors (Lipinski definition) is 1. The molecule has 3 rings (SSSR count). The molecule has 3 aromatic rings. The number of hydrogen-bond acceptors (Lipinski definition) is 4. The second-order valence-electron chi connectivity index (χ2n) is 4.55. The van der Waals surface area contributed by atoms with E-state index >= 15 is 0 Å². The number of nitriles is 1. The van der Waals surface area contributed by atoms with Gasteiger partial charge in [-0.25, -0.2) is 9.37 Å². The van der Waals surface area contributed by atoms with E-state index in [1.165, 1.54) is 18.2 Å². The van der Waals surface area contributed by atoms with Crippen LogP contribution in [0.1, 0.15) is 5.56 Å². The van der Waals surface area contributed by atoms with Crippen molar-refractivity contribution in [2.75, 3.05) is 0 Å². The number of nitrogens with zero attached hydrogens (tertiary/aromatic N) is 2. The van der Waals surface area contributed by atoms with E-state index in [1.54, 1.807) is 12.1 Å². The molecule has 0 saturated carbocycles. The third kappa shape index (κ3) is 2.63. The lowest BCUT2D eigenvalue weighted by atomic mass is 10.1. The summed E-state index contributed by atoms with van der Waals surface area (Å²) in [4.78, 5) is 4.09. The summed E-state index contributed by atoms with van der Waals surface area (Å²) in [6, 6.07) is 10.5. The van der Waals surface area contributed by atoms with Crippen LogP contribution in [0.5, 0.6) is 17.2 Å². The lowest BCUT2D eigenvalue weighted by molar-refractivity contribution is 0.390. The molecule has 7 heteroatoms. The molecule has 0 radical (unpaired) electrons. The number of phenols is 1. The molecule has 0 fully saturated rings. The zero-order valence-electron chi connectivity index (χ0n) is 11.3. The Kier molecular flexibility index (Phi) is 3.95. The number of phenolic OH excluding ortho intramolecular Hbond substituents is 1. The summed E-state index contributed by atoms with van der Waals surface area (Å²) < 4.78 is 19.3. The molecular formula is C16H7Cl2FN2O2. The number of halogens is 3. The maximum atomic E-state index is 13.8. The van der Waals surface area contributed by atoms with Crippen molar-refractivity contribution in [2.45, 2.75) is 0 Å². The van der Waals surface area contributed by atoms with Crippen LogP contribution in [-0.2, 0) is 0 Å². The van der Waals surface area contributed by atoms with Crippen molar-refractivity contribution < 1.29 is 14.2 Å². The van der Waals surface area contributed by atoms with Crippen LogP contribution in [0.25, 0.3) is 10.9 Å². The molecule has 1 N–H and O–H groups in total. The van der Waals surface area contributed by atoms with E-state index in [0.717, 1.165) is 6.07 Å². The molecule has 1 heterocycles. The fourth-order valence-electron chi connectivity index (χ4n) is 2.08. The normalized spacial score (nSPS) is 10.5. The third-order valence-electron chi connectivity index (χ3n) is 3.14. The number of fused-ring (bicyclic) bond motifs is 1. The van der Waals surface area contributed by atoms with Gasteiger partial charge in [-0.3, -0.25) is 0 Å². The molecule has 1 aromatic heterocycles. The Bertz CT molecular complexity index is 950. The van der Waals surface area contributed by atoms with Gasteiger partial charge in [0.05, 0.1) is 5.02 Å². The number of benzene rings is 2. The molecular weight excluding hydrogens is 342 g/mol. The summed E-state index contributed by atoms with van der Waals surface area (Å²) in [5.74, 6) is -1.27. The lowest BCUT2D eigenvalue weighted by Gasteiger charge is -2.12. The molecule has 4 nitrogen and oxygen atoms in total. The van der Waals surface area contributed by atoms with Crippen molar-refractivity contribution >= 4 is 34.1 Å². The Morgan fingerprint density at radius 3 is 2.61 bits per heavy atom. The van der Waals surface area contributed by atoms with Gasteiger partial charge in [0.15, 0.2) is 17.3 Å². The Hall–Kier alpha value is -2.55. The first-order chi connectivity index (χ1) is 11.0. The van der Waals surface area contributed by atoms with Crippen LogP contribution in [0, 0.1) is 17.1 Å². The van der Waals surface area contributed by atoms with Gasteiger partial charge < -0.3 is 9.84 Å². The molecule has 0 atom stereocenters. The lowest BCUT2D eigenvalue weighted by Crippen LogP contribution is -1.94. The van der Waals surface area contributed by atoms with Gasteiger partial charge in [0.25, 0.3) is 0 Å². The maximum absolute atomic E-state index is 13.8. The van der Waals surface area contributed by atoms with Crippen molar-refractivity contribution in [3.8, 4) is 23.3 Å². The second-order valence-corrected chi connectivity index (χ2v) is 5.28. The number of pyridine rings is 1. The van der Waals surface area contributed by atoms with Crippen molar-refractivity contribution in [2.24, 2.45) is 0 Å². The first kappa shape index (κ1) is 15.3. The molecule has 114 valence electrons. The van der Waals surface area contributed by atoms with Gasteiger partial charge in [-0.1, -0.05) is 41.4 Å². The Morgan fingerprint density at radius 2 is 1.91 bits per heavy atom. The van der Waals surface area contributed by atoms with Crippen molar-refractivity contribution in [3.63, 3.8) is 0 Å². The first-order valence-electron chi connectivity index (χ1n) is 6.36. The molecule has 0 spiro atoms. The van der Waals surface area contributed by atoms with E-state index in [9.17, 15) is 9.50 Å². The van der Waals surface area contributed by atoms with Crippen molar-refractivity contribution in [1.29, 1.82) is 5.26 Å². The predicted octanol–water partition coefficient (Wildman–Crippen LogP) is 5.05.